The molecule has 0 radical (unpaired) electrons. The Morgan fingerprint density at radius 1 is 1.07 bits per heavy atom. The first-order valence-corrected chi connectivity index (χ1v) is 9.46. The van der Waals surface area contributed by atoms with Crippen LogP contribution in [0, 0.1) is 5.92 Å². The second kappa shape index (κ2) is 11.1. The molecule has 1 atom stereocenters. The minimum Gasteiger partial charge on any atom is -0.457 e. The van der Waals surface area contributed by atoms with E-state index in [1.165, 1.54) is 0 Å². The van der Waals surface area contributed by atoms with Gasteiger partial charge in [0.05, 0.1) is 11.6 Å². The van der Waals surface area contributed by atoms with Crippen molar-refractivity contribution in [2.24, 2.45) is 11.7 Å². The number of aromatic nitrogens is 1. The van der Waals surface area contributed by atoms with Crippen LogP contribution in [-0.2, 0) is 9.53 Å². The van der Waals surface area contributed by atoms with E-state index in [0.29, 0.717) is 24.7 Å². The normalized spacial score (nSPS) is 14.8. The molecule has 1 aliphatic rings. The van der Waals surface area contributed by atoms with Gasteiger partial charge in [0.2, 0.25) is 5.91 Å². The van der Waals surface area contributed by atoms with Gasteiger partial charge in [0.25, 0.3) is 0 Å². The van der Waals surface area contributed by atoms with Crippen molar-refractivity contribution in [3.05, 3.63) is 60.8 Å². The number of hydrogen-bond donors (Lipinski definition) is 2. The number of carbonyl (C=O) groups excluding carboxylic acids is 1. The summed E-state index contributed by atoms with van der Waals surface area (Å²) in [6.45, 7) is 1.34. The average molecular weight is 450 g/mol. The Labute approximate surface area is 188 Å². The number of nitrogens with one attached hydrogen (secondary N) is 1. The predicted octanol–water partition coefficient (Wildman–Crippen LogP) is 4.56. The molecule has 0 spiro atoms. The summed E-state index contributed by atoms with van der Waals surface area (Å²) in [5.74, 6) is 1.42. The lowest BCUT2D eigenvalue weighted by Crippen LogP contribution is -2.43. The Morgan fingerprint density at radius 3 is 2.50 bits per heavy atom. The fourth-order valence-electron chi connectivity index (χ4n) is 3.41. The Bertz CT molecular complexity index is 958. The van der Waals surface area contributed by atoms with Crippen molar-refractivity contribution < 1.29 is 14.3 Å². The highest BCUT2D eigenvalue weighted by atomic mass is 35.5. The first-order chi connectivity index (χ1) is 13.7. The average Bonchev–Trinajstić information content (AvgIpc) is 2.75. The molecule has 6 nitrogen and oxygen atoms in total. The summed E-state index contributed by atoms with van der Waals surface area (Å²) in [6.07, 6.45) is 3.37. The lowest BCUT2D eigenvalue weighted by Gasteiger charge is -2.26. The second-order valence-electron chi connectivity index (χ2n) is 6.92. The molecule has 1 fully saturated rings. The van der Waals surface area contributed by atoms with Gasteiger partial charge in [0, 0.05) is 30.5 Å². The molecular weight excluding hydrogens is 425 g/mol. The van der Waals surface area contributed by atoms with Crippen LogP contribution in [0.1, 0.15) is 12.8 Å². The van der Waals surface area contributed by atoms with Gasteiger partial charge in [-0.25, -0.2) is 0 Å². The van der Waals surface area contributed by atoms with Crippen LogP contribution in [0.2, 0.25) is 0 Å². The van der Waals surface area contributed by atoms with Crippen molar-refractivity contribution >= 4 is 47.3 Å². The number of rotatable bonds is 5. The first-order valence-electron chi connectivity index (χ1n) is 9.46. The highest BCUT2D eigenvalue weighted by molar-refractivity contribution is 5.95. The van der Waals surface area contributed by atoms with E-state index in [2.05, 4.69) is 10.3 Å². The summed E-state index contributed by atoms with van der Waals surface area (Å²) in [7, 11) is 0. The van der Waals surface area contributed by atoms with Gasteiger partial charge >= 0.3 is 0 Å². The molecule has 30 heavy (non-hydrogen) atoms. The maximum absolute atomic E-state index is 12.4. The molecule has 2 aromatic carbocycles. The van der Waals surface area contributed by atoms with E-state index in [1.807, 2.05) is 54.6 Å². The van der Waals surface area contributed by atoms with Crippen molar-refractivity contribution in [1.29, 1.82) is 0 Å². The van der Waals surface area contributed by atoms with Crippen LogP contribution in [0.25, 0.3) is 10.9 Å². The van der Waals surface area contributed by atoms with Crippen molar-refractivity contribution in [3.63, 3.8) is 0 Å². The van der Waals surface area contributed by atoms with Crippen LogP contribution in [-0.4, -0.2) is 30.1 Å². The molecule has 8 heteroatoms. The maximum Gasteiger partial charge on any atom is 0.241 e. The molecule has 3 N–H and O–H groups in total. The SMILES string of the molecule is Cl.Cl.NC(C(=O)Nc1ccc(Oc2ccnc3ccccc23)cc1)C1CCOCC1. The van der Waals surface area contributed by atoms with Gasteiger partial charge in [0.15, 0.2) is 0 Å². The van der Waals surface area contributed by atoms with Crippen molar-refractivity contribution in [3.8, 4) is 11.5 Å². The summed E-state index contributed by atoms with van der Waals surface area (Å²) >= 11 is 0. The van der Waals surface area contributed by atoms with Crippen molar-refractivity contribution in [2.75, 3.05) is 18.5 Å². The van der Waals surface area contributed by atoms with Crippen LogP contribution in [0.5, 0.6) is 11.5 Å². The summed E-state index contributed by atoms with van der Waals surface area (Å²) in [5.41, 5.74) is 7.70. The van der Waals surface area contributed by atoms with Gasteiger partial charge < -0.3 is 20.5 Å². The molecule has 1 aliphatic heterocycles. The molecular formula is C22H25Cl2N3O3. The van der Waals surface area contributed by atoms with Crippen molar-refractivity contribution in [1.82, 2.24) is 4.98 Å². The largest absolute Gasteiger partial charge is 0.457 e. The van der Waals surface area contributed by atoms with E-state index in [4.69, 9.17) is 15.2 Å². The fourth-order valence-corrected chi connectivity index (χ4v) is 3.41. The topological polar surface area (TPSA) is 86.5 Å². The van der Waals surface area contributed by atoms with Crippen LogP contribution in [0.4, 0.5) is 5.69 Å². The number of pyridine rings is 1. The van der Waals surface area contributed by atoms with Gasteiger partial charge in [-0.15, -0.1) is 24.8 Å². The number of nitrogens with zero attached hydrogens (tertiary/aromatic N) is 1. The highest BCUT2D eigenvalue weighted by Gasteiger charge is 2.26. The van der Waals surface area contributed by atoms with Crippen molar-refractivity contribution in [2.45, 2.75) is 18.9 Å². The summed E-state index contributed by atoms with van der Waals surface area (Å²) in [6, 6.07) is 16.4. The molecule has 3 aromatic rings. The number of benzene rings is 2. The number of nitrogens with two attached hydrogens (primary N) is 1. The molecule has 0 bridgehead atoms. The third kappa shape index (κ3) is 5.61. The Kier molecular flexibility index (Phi) is 8.87. The lowest BCUT2D eigenvalue weighted by atomic mass is 9.92. The van der Waals surface area contributed by atoms with Crippen LogP contribution in [0.3, 0.4) is 0 Å². The minimum atomic E-state index is -0.525. The van der Waals surface area contributed by atoms with Crippen LogP contribution < -0.4 is 15.8 Å². The summed E-state index contributed by atoms with van der Waals surface area (Å²) < 4.78 is 11.3. The third-order valence-corrected chi connectivity index (χ3v) is 5.04. The van der Waals surface area contributed by atoms with Gasteiger partial charge in [-0.05, 0) is 61.2 Å². The van der Waals surface area contributed by atoms with Crippen LogP contribution >= 0.6 is 24.8 Å². The number of halogens is 2. The molecule has 1 aromatic heterocycles. The van der Waals surface area contributed by atoms with E-state index < -0.39 is 6.04 Å². The zero-order valence-corrected chi connectivity index (χ0v) is 18.0. The smallest absolute Gasteiger partial charge is 0.241 e. The first kappa shape index (κ1) is 23.9. The number of amides is 1. The molecule has 2 heterocycles. The Balaban J connectivity index is 0.00000160. The molecule has 1 saturated heterocycles. The lowest BCUT2D eigenvalue weighted by molar-refractivity contribution is -0.119. The van der Waals surface area contributed by atoms with E-state index in [1.54, 1.807) is 6.20 Å². The van der Waals surface area contributed by atoms with E-state index in [9.17, 15) is 4.79 Å². The molecule has 0 aliphatic carbocycles. The highest BCUT2D eigenvalue weighted by Crippen LogP contribution is 2.29. The number of hydrogen-bond acceptors (Lipinski definition) is 5. The minimum absolute atomic E-state index is 0. The monoisotopic (exact) mass is 449 g/mol. The number of carbonyl (C=O) groups is 1. The fraction of sp³-hybridized carbons (Fsp3) is 0.273. The number of ether oxygens (including phenoxy) is 2. The summed E-state index contributed by atoms with van der Waals surface area (Å²) in [4.78, 5) is 16.8. The zero-order chi connectivity index (χ0) is 19.3. The Morgan fingerprint density at radius 2 is 1.77 bits per heavy atom. The quantitative estimate of drug-likeness (QED) is 0.595. The number of para-hydroxylation sites is 1. The molecule has 1 amide bonds. The Hall–Kier alpha value is -2.38. The van der Waals surface area contributed by atoms with Crippen LogP contribution in [0.15, 0.2) is 60.8 Å². The number of fused-ring (bicyclic) bond motifs is 1. The standard InChI is InChI=1S/C22H23N3O3.2ClH/c23-21(15-10-13-27-14-11-15)22(26)25-16-5-7-17(8-6-16)28-20-9-12-24-19-4-2-1-3-18(19)20;;/h1-9,12,15,21H,10-11,13-14,23H2,(H,25,26);2*1H. The number of anilines is 1. The predicted molar refractivity (Wildman–Crippen MR) is 123 cm³/mol. The maximum atomic E-state index is 12.4. The van der Waals surface area contributed by atoms with Gasteiger partial charge in [-0.2, -0.15) is 0 Å². The summed E-state index contributed by atoms with van der Waals surface area (Å²) in [5, 5.41) is 3.84. The van der Waals surface area contributed by atoms with Gasteiger partial charge in [-0.3, -0.25) is 9.78 Å². The van der Waals surface area contributed by atoms with E-state index in [-0.39, 0.29) is 36.6 Å². The molecule has 4 rings (SSSR count). The second-order valence-corrected chi connectivity index (χ2v) is 6.92. The molecule has 1 unspecified atom stereocenters. The molecule has 0 saturated carbocycles. The van der Waals surface area contributed by atoms with E-state index >= 15 is 0 Å². The third-order valence-electron chi connectivity index (χ3n) is 5.04. The zero-order valence-electron chi connectivity index (χ0n) is 16.3. The van der Waals surface area contributed by atoms with Gasteiger partial charge in [0.1, 0.15) is 11.5 Å². The van der Waals surface area contributed by atoms with Gasteiger partial charge in [-0.1, -0.05) is 12.1 Å². The van der Waals surface area contributed by atoms with E-state index in [0.717, 1.165) is 29.5 Å². The molecule has 160 valence electrons.